The minimum absolute atomic E-state index is 0.0762. The normalized spacial score (nSPS) is 13.4. The number of amides is 3. The molecule has 1 aliphatic carbocycles. The highest BCUT2D eigenvalue weighted by atomic mass is 16.6. The minimum atomic E-state index is -1.05. The topological polar surface area (TPSA) is 140 Å². The number of unbranched alkanes of at least 4 members (excludes halogenated alkanes) is 1. The van der Waals surface area contributed by atoms with Gasteiger partial charge in [0.25, 0.3) is 0 Å². The first-order chi connectivity index (χ1) is 20.1. The fraction of sp³-hybridized carbons (Fsp3) is 0.469. The van der Waals surface area contributed by atoms with E-state index in [1.54, 1.807) is 13.8 Å². The molecule has 3 N–H and O–H groups in total. The Morgan fingerprint density at radius 1 is 0.810 bits per heavy atom. The first kappa shape index (κ1) is 32.3. The van der Waals surface area contributed by atoms with Gasteiger partial charge in [0.2, 0.25) is 11.8 Å². The lowest BCUT2D eigenvalue weighted by molar-refractivity contribution is -0.152. The fourth-order valence-corrected chi connectivity index (χ4v) is 4.97. The van der Waals surface area contributed by atoms with Crippen molar-refractivity contribution < 1.29 is 33.4 Å². The number of ketones is 1. The number of benzene rings is 2. The summed E-state index contributed by atoms with van der Waals surface area (Å²) in [6.07, 6.45) is 0.331. The van der Waals surface area contributed by atoms with Crippen LogP contribution in [0.3, 0.4) is 0 Å². The van der Waals surface area contributed by atoms with Gasteiger partial charge in [-0.3, -0.25) is 9.59 Å². The van der Waals surface area contributed by atoms with Crippen LogP contribution < -0.4 is 16.0 Å². The molecule has 0 bridgehead atoms. The molecule has 2 aromatic carbocycles. The standard InChI is InChI=1S/C32H41N3O7/c1-20(2)42-31(39)29(17-16-21(3)36)34-30(38)28(15-9-10-18-33-22(4)37)35-32(40)41-19-27-25-13-7-5-11-23(25)24-12-6-8-14-26(24)27/h5-8,11-14,20,27-29H,9-10,15-19H2,1-4H3,(H,33,37)(H,34,38)(H,35,40)/t28-,29?/m0/s1. The predicted octanol–water partition coefficient (Wildman–Crippen LogP) is 4.01. The number of carbonyl (C=O) groups is 5. The van der Waals surface area contributed by atoms with Crippen LogP contribution in [0.25, 0.3) is 11.1 Å². The summed E-state index contributed by atoms with van der Waals surface area (Å²) in [7, 11) is 0. The van der Waals surface area contributed by atoms with Gasteiger partial charge in [0.1, 0.15) is 24.5 Å². The number of hydrogen-bond donors (Lipinski definition) is 3. The number of fused-ring (bicyclic) bond motifs is 3. The lowest BCUT2D eigenvalue weighted by Gasteiger charge is -2.23. The Morgan fingerprint density at radius 2 is 1.43 bits per heavy atom. The molecular formula is C32H41N3O7. The maximum Gasteiger partial charge on any atom is 0.407 e. The van der Waals surface area contributed by atoms with Crippen LogP contribution in [0.15, 0.2) is 48.5 Å². The Labute approximate surface area is 246 Å². The molecule has 0 heterocycles. The monoisotopic (exact) mass is 579 g/mol. The van der Waals surface area contributed by atoms with E-state index in [2.05, 4.69) is 16.0 Å². The van der Waals surface area contributed by atoms with Crippen LogP contribution in [-0.4, -0.2) is 61.0 Å². The van der Waals surface area contributed by atoms with Crippen molar-refractivity contribution in [3.8, 4) is 11.1 Å². The third-order valence-corrected chi connectivity index (χ3v) is 6.98. The third kappa shape index (κ3) is 9.43. The van der Waals surface area contributed by atoms with Crippen molar-refractivity contribution in [2.24, 2.45) is 0 Å². The molecule has 226 valence electrons. The summed E-state index contributed by atoms with van der Waals surface area (Å²) < 4.78 is 10.9. The van der Waals surface area contributed by atoms with Crippen molar-refractivity contribution in [3.63, 3.8) is 0 Å². The number of esters is 1. The Hall–Kier alpha value is -4.21. The van der Waals surface area contributed by atoms with Crippen molar-refractivity contribution in [1.82, 2.24) is 16.0 Å². The van der Waals surface area contributed by atoms with Crippen molar-refractivity contribution in [2.75, 3.05) is 13.2 Å². The fourth-order valence-electron chi connectivity index (χ4n) is 4.97. The van der Waals surface area contributed by atoms with E-state index in [9.17, 15) is 24.0 Å². The van der Waals surface area contributed by atoms with Crippen LogP contribution in [0.5, 0.6) is 0 Å². The lowest BCUT2D eigenvalue weighted by Crippen LogP contribution is -2.52. The number of hydrogen-bond acceptors (Lipinski definition) is 7. The summed E-state index contributed by atoms with van der Waals surface area (Å²) >= 11 is 0. The van der Waals surface area contributed by atoms with E-state index >= 15 is 0 Å². The molecule has 2 atom stereocenters. The van der Waals surface area contributed by atoms with Gasteiger partial charge in [0, 0.05) is 25.8 Å². The number of alkyl carbamates (subject to hydrolysis) is 1. The summed E-state index contributed by atoms with van der Waals surface area (Å²) in [6, 6.07) is 13.9. The minimum Gasteiger partial charge on any atom is -0.461 e. The summed E-state index contributed by atoms with van der Waals surface area (Å²) in [5.74, 6) is -1.66. The lowest BCUT2D eigenvalue weighted by atomic mass is 9.98. The number of ether oxygens (including phenoxy) is 2. The molecule has 2 aromatic rings. The van der Waals surface area contributed by atoms with Crippen molar-refractivity contribution in [2.45, 2.75) is 83.9 Å². The second-order valence-electron chi connectivity index (χ2n) is 10.8. The van der Waals surface area contributed by atoms with E-state index in [0.29, 0.717) is 19.4 Å². The SMILES string of the molecule is CC(=O)CCC(NC(=O)[C@H](CCCCNC(C)=O)NC(=O)OCC1c2ccccc2-c2ccccc21)C(=O)OC(C)C. The van der Waals surface area contributed by atoms with E-state index in [1.807, 2.05) is 48.5 Å². The highest BCUT2D eigenvalue weighted by Crippen LogP contribution is 2.44. The van der Waals surface area contributed by atoms with Crippen LogP contribution in [-0.2, 0) is 28.7 Å². The zero-order valence-corrected chi connectivity index (χ0v) is 24.7. The first-order valence-corrected chi connectivity index (χ1v) is 14.4. The summed E-state index contributed by atoms with van der Waals surface area (Å²) in [5.41, 5.74) is 4.33. The Balaban J connectivity index is 1.68. The molecule has 0 aromatic heterocycles. The van der Waals surface area contributed by atoms with E-state index < -0.39 is 36.2 Å². The molecule has 1 aliphatic rings. The molecule has 0 spiro atoms. The number of Topliss-reactive ketones (excluding diaryl/α,β-unsaturated/α-hetero) is 1. The molecule has 42 heavy (non-hydrogen) atoms. The highest BCUT2D eigenvalue weighted by Gasteiger charge is 2.31. The first-order valence-electron chi connectivity index (χ1n) is 14.4. The molecule has 1 unspecified atom stereocenters. The van der Waals surface area contributed by atoms with Crippen molar-refractivity contribution in [3.05, 3.63) is 59.7 Å². The molecule has 3 rings (SSSR count). The van der Waals surface area contributed by atoms with Gasteiger partial charge in [0.15, 0.2) is 0 Å². The molecule has 3 amide bonds. The smallest absolute Gasteiger partial charge is 0.407 e. The number of carbonyl (C=O) groups excluding carboxylic acids is 5. The second-order valence-corrected chi connectivity index (χ2v) is 10.8. The molecule has 0 fully saturated rings. The van der Waals surface area contributed by atoms with E-state index in [1.165, 1.54) is 13.8 Å². The maximum absolute atomic E-state index is 13.3. The van der Waals surface area contributed by atoms with Gasteiger partial charge in [-0.1, -0.05) is 48.5 Å². The van der Waals surface area contributed by atoms with Gasteiger partial charge in [-0.05, 0) is 68.7 Å². The Morgan fingerprint density at radius 3 is 2.00 bits per heavy atom. The van der Waals surface area contributed by atoms with Crippen LogP contribution in [0.4, 0.5) is 4.79 Å². The average Bonchev–Trinajstić information content (AvgIpc) is 3.26. The molecule has 0 saturated carbocycles. The third-order valence-electron chi connectivity index (χ3n) is 6.98. The van der Waals surface area contributed by atoms with Crippen LogP contribution in [0.1, 0.15) is 76.8 Å². The van der Waals surface area contributed by atoms with Crippen molar-refractivity contribution in [1.29, 1.82) is 0 Å². The molecule has 0 saturated heterocycles. The van der Waals surface area contributed by atoms with E-state index in [4.69, 9.17) is 9.47 Å². The van der Waals surface area contributed by atoms with Gasteiger partial charge < -0.3 is 30.2 Å². The van der Waals surface area contributed by atoms with Gasteiger partial charge in [-0.15, -0.1) is 0 Å². The summed E-state index contributed by atoms with van der Waals surface area (Å²) in [6.45, 7) is 6.72. The molecule has 10 heteroatoms. The zero-order valence-electron chi connectivity index (χ0n) is 24.7. The zero-order chi connectivity index (χ0) is 30.6. The highest BCUT2D eigenvalue weighted by molar-refractivity contribution is 5.90. The Bertz CT molecular complexity index is 1230. The van der Waals surface area contributed by atoms with Crippen LogP contribution in [0.2, 0.25) is 0 Å². The Kier molecular flexibility index (Phi) is 12.1. The largest absolute Gasteiger partial charge is 0.461 e. The molecule has 0 aliphatic heterocycles. The van der Waals surface area contributed by atoms with E-state index in [-0.39, 0.29) is 43.5 Å². The molecule has 10 nitrogen and oxygen atoms in total. The summed E-state index contributed by atoms with van der Waals surface area (Å²) in [5, 5.41) is 8.02. The van der Waals surface area contributed by atoms with E-state index in [0.717, 1.165) is 22.3 Å². The predicted molar refractivity (Wildman–Crippen MR) is 158 cm³/mol. The summed E-state index contributed by atoms with van der Waals surface area (Å²) in [4.78, 5) is 61.7. The second kappa shape index (κ2) is 15.7. The maximum atomic E-state index is 13.3. The van der Waals surface area contributed by atoms with Gasteiger partial charge in [-0.25, -0.2) is 9.59 Å². The van der Waals surface area contributed by atoms with Crippen molar-refractivity contribution >= 4 is 29.7 Å². The van der Waals surface area contributed by atoms with Gasteiger partial charge in [0.05, 0.1) is 6.10 Å². The number of rotatable bonds is 15. The van der Waals surface area contributed by atoms with Gasteiger partial charge in [-0.2, -0.15) is 0 Å². The molecular weight excluding hydrogens is 538 g/mol. The van der Waals surface area contributed by atoms with Crippen LogP contribution >= 0.6 is 0 Å². The average molecular weight is 580 g/mol. The van der Waals surface area contributed by atoms with Gasteiger partial charge >= 0.3 is 12.1 Å². The molecule has 0 radical (unpaired) electrons. The quantitative estimate of drug-likeness (QED) is 0.214. The number of nitrogens with one attached hydrogen (secondary N) is 3. The van der Waals surface area contributed by atoms with Crippen LogP contribution in [0, 0.1) is 0 Å².